The number of hydrogen-bond donors (Lipinski definition) is 0. The molecule has 2 fully saturated rings. The van der Waals surface area contributed by atoms with Gasteiger partial charge in [-0.3, -0.25) is 4.79 Å². The summed E-state index contributed by atoms with van der Waals surface area (Å²) in [5.41, 5.74) is -0.751. The Hall–Kier alpha value is -1.54. The molecule has 25 heavy (non-hydrogen) atoms. The van der Waals surface area contributed by atoms with Crippen LogP contribution in [0.2, 0.25) is 0 Å². The van der Waals surface area contributed by atoms with E-state index in [1.54, 1.807) is 4.90 Å². The molecule has 2 heterocycles. The third kappa shape index (κ3) is 3.06. The highest BCUT2D eigenvalue weighted by atomic mass is 32.2. The molecule has 0 bridgehead atoms. The van der Waals surface area contributed by atoms with E-state index < -0.39 is 32.0 Å². The fourth-order valence-electron chi connectivity index (χ4n) is 3.83. The van der Waals surface area contributed by atoms with Crippen molar-refractivity contribution in [2.75, 3.05) is 19.6 Å². The van der Waals surface area contributed by atoms with E-state index in [0.29, 0.717) is 25.5 Å². The molecule has 1 spiro atoms. The molecular weight excluding hydrogens is 350 g/mol. The highest BCUT2D eigenvalue weighted by Gasteiger charge is 2.51. The van der Waals surface area contributed by atoms with Crippen LogP contribution < -0.4 is 0 Å². The Balaban J connectivity index is 1.89. The van der Waals surface area contributed by atoms with Crippen molar-refractivity contribution in [3.05, 3.63) is 29.8 Å². The molecular formula is C17H22F2N2O3S. The van der Waals surface area contributed by atoms with Crippen molar-refractivity contribution in [2.45, 2.75) is 44.0 Å². The van der Waals surface area contributed by atoms with Gasteiger partial charge in [-0.1, -0.05) is 0 Å². The fraction of sp³-hybridized carbons (Fsp3) is 0.588. The minimum absolute atomic E-state index is 0.0212. The number of nitrogens with zero attached hydrogens (tertiary/aromatic N) is 2. The van der Waals surface area contributed by atoms with E-state index in [1.807, 2.05) is 13.8 Å². The summed E-state index contributed by atoms with van der Waals surface area (Å²) in [6.07, 6.45) is 1.84. The molecule has 1 aromatic carbocycles. The van der Waals surface area contributed by atoms with Gasteiger partial charge in [0.2, 0.25) is 15.9 Å². The van der Waals surface area contributed by atoms with Gasteiger partial charge in [0.15, 0.2) is 0 Å². The number of rotatable bonds is 3. The van der Waals surface area contributed by atoms with Crippen molar-refractivity contribution in [3.63, 3.8) is 0 Å². The summed E-state index contributed by atoms with van der Waals surface area (Å²) in [5.74, 6) is -1.83. The zero-order chi connectivity index (χ0) is 18.4. The zero-order valence-electron chi connectivity index (χ0n) is 14.3. The summed E-state index contributed by atoms with van der Waals surface area (Å²) in [5, 5.41) is 0. The number of likely N-dealkylation sites (tertiary alicyclic amines) is 1. The van der Waals surface area contributed by atoms with Gasteiger partial charge >= 0.3 is 0 Å². The molecule has 0 aromatic heterocycles. The van der Waals surface area contributed by atoms with Gasteiger partial charge in [-0.15, -0.1) is 0 Å². The number of piperidine rings is 1. The van der Waals surface area contributed by atoms with Crippen LogP contribution in [0, 0.1) is 17.0 Å². The maximum Gasteiger partial charge on any atom is 0.246 e. The number of carbonyl (C=O) groups is 1. The largest absolute Gasteiger partial charge is 0.340 e. The maximum absolute atomic E-state index is 13.9. The van der Waals surface area contributed by atoms with E-state index >= 15 is 0 Å². The first kappa shape index (κ1) is 18.3. The molecule has 138 valence electrons. The molecule has 0 aliphatic carbocycles. The first-order chi connectivity index (χ1) is 11.7. The van der Waals surface area contributed by atoms with Gasteiger partial charge in [0.05, 0.1) is 5.41 Å². The quantitative estimate of drug-likeness (QED) is 0.819. The van der Waals surface area contributed by atoms with Gasteiger partial charge < -0.3 is 4.90 Å². The Labute approximate surface area is 146 Å². The lowest BCUT2D eigenvalue weighted by atomic mass is 9.78. The number of benzene rings is 1. The lowest BCUT2D eigenvalue weighted by molar-refractivity contribution is -0.147. The second-order valence-electron chi connectivity index (χ2n) is 7.14. The van der Waals surface area contributed by atoms with Gasteiger partial charge in [0, 0.05) is 25.7 Å². The highest BCUT2D eigenvalue weighted by Crippen LogP contribution is 2.42. The maximum atomic E-state index is 13.9. The molecule has 1 aromatic rings. The van der Waals surface area contributed by atoms with Crippen LogP contribution >= 0.6 is 0 Å². The smallest absolute Gasteiger partial charge is 0.246 e. The lowest BCUT2D eigenvalue weighted by Gasteiger charge is -2.41. The van der Waals surface area contributed by atoms with Crippen LogP contribution in [0.1, 0.15) is 33.1 Å². The van der Waals surface area contributed by atoms with Crippen molar-refractivity contribution in [2.24, 2.45) is 5.41 Å². The van der Waals surface area contributed by atoms with Crippen LogP contribution in [0.3, 0.4) is 0 Å². The van der Waals surface area contributed by atoms with Gasteiger partial charge in [0.25, 0.3) is 0 Å². The van der Waals surface area contributed by atoms with E-state index in [2.05, 4.69) is 0 Å². The van der Waals surface area contributed by atoms with E-state index in [4.69, 9.17) is 0 Å². The number of sulfonamides is 1. The van der Waals surface area contributed by atoms with Gasteiger partial charge in [0.1, 0.15) is 16.5 Å². The molecule has 3 rings (SSSR count). The molecule has 1 amide bonds. The Kier molecular flexibility index (Phi) is 4.61. The Morgan fingerprint density at radius 1 is 1.16 bits per heavy atom. The number of carbonyl (C=O) groups excluding carboxylic acids is 1. The van der Waals surface area contributed by atoms with E-state index in [-0.39, 0.29) is 25.0 Å². The highest BCUT2D eigenvalue weighted by molar-refractivity contribution is 7.89. The van der Waals surface area contributed by atoms with Gasteiger partial charge in [-0.25, -0.2) is 17.2 Å². The van der Waals surface area contributed by atoms with E-state index in [0.717, 1.165) is 22.9 Å². The third-order valence-corrected chi connectivity index (χ3v) is 7.08. The monoisotopic (exact) mass is 372 g/mol. The molecule has 2 saturated heterocycles. The molecule has 0 saturated carbocycles. The van der Waals surface area contributed by atoms with Crippen LogP contribution in [0.4, 0.5) is 8.78 Å². The predicted molar refractivity (Wildman–Crippen MR) is 88.2 cm³/mol. The van der Waals surface area contributed by atoms with Crippen LogP contribution in [0.25, 0.3) is 0 Å². The first-order valence-electron chi connectivity index (χ1n) is 8.44. The third-order valence-electron chi connectivity index (χ3n) is 5.22. The average molecular weight is 372 g/mol. The minimum Gasteiger partial charge on any atom is -0.340 e. The molecule has 5 nitrogen and oxygen atoms in total. The summed E-state index contributed by atoms with van der Waals surface area (Å²) in [4.78, 5) is 14.0. The number of hydrogen-bond acceptors (Lipinski definition) is 3. The summed E-state index contributed by atoms with van der Waals surface area (Å²) < 4.78 is 54.0. The minimum atomic E-state index is -4.18. The van der Waals surface area contributed by atoms with Gasteiger partial charge in [-0.2, -0.15) is 4.31 Å². The predicted octanol–water partition coefficient (Wildman–Crippen LogP) is 2.38. The van der Waals surface area contributed by atoms with Gasteiger partial charge in [-0.05, 0) is 51.3 Å². The van der Waals surface area contributed by atoms with Crippen LogP contribution in [0.5, 0.6) is 0 Å². The summed E-state index contributed by atoms with van der Waals surface area (Å²) in [7, 11) is -4.18. The van der Waals surface area contributed by atoms with Crippen molar-refractivity contribution >= 4 is 15.9 Å². The Morgan fingerprint density at radius 3 is 2.56 bits per heavy atom. The second-order valence-corrected chi connectivity index (χ2v) is 9.05. The first-order valence-corrected chi connectivity index (χ1v) is 9.88. The summed E-state index contributed by atoms with van der Waals surface area (Å²) in [6, 6.07) is 2.43. The molecule has 2 aliphatic rings. The van der Waals surface area contributed by atoms with Crippen molar-refractivity contribution in [1.29, 1.82) is 0 Å². The Morgan fingerprint density at radius 2 is 1.88 bits per heavy atom. The Bertz CT molecular complexity index is 797. The molecule has 0 N–H and O–H groups in total. The molecule has 1 atom stereocenters. The van der Waals surface area contributed by atoms with Crippen LogP contribution in [-0.4, -0.2) is 49.2 Å². The van der Waals surface area contributed by atoms with Crippen molar-refractivity contribution in [3.8, 4) is 0 Å². The van der Waals surface area contributed by atoms with Crippen LogP contribution in [0.15, 0.2) is 23.1 Å². The average Bonchev–Trinajstić information content (AvgIpc) is 2.98. The zero-order valence-corrected chi connectivity index (χ0v) is 15.2. The molecule has 0 unspecified atom stereocenters. The topological polar surface area (TPSA) is 57.7 Å². The second kappa shape index (κ2) is 6.32. The number of amides is 1. The normalized spacial score (nSPS) is 25.3. The van der Waals surface area contributed by atoms with E-state index in [1.165, 1.54) is 0 Å². The fourth-order valence-corrected chi connectivity index (χ4v) is 5.43. The van der Waals surface area contributed by atoms with E-state index in [9.17, 15) is 22.0 Å². The van der Waals surface area contributed by atoms with Crippen molar-refractivity contribution < 1.29 is 22.0 Å². The molecule has 8 heteroatoms. The molecule has 2 aliphatic heterocycles. The standard InChI is InChI=1S/C17H22F2N2O3S/c1-12(2)21-8-3-6-17(16(21)22)7-9-20(11-17)25(23,24)15-10-13(18)4-5-14(15)19/h4-5,10,12H,3,6-9,11H2,1-2H3/t17-/m0/s1. The SMILES string of the molecule is CC(C)N1CCC[C@@]2(CCN(S(=O)(=O)c3cc(F)ccc3F)C2)C1=O. The molecule has 0 radical (unpaired) electrons. The summed E-state index contributed by atoms with van der Waals surface area (Å²) in [6.45, 7) is 4.69. The lowest BCUT2D eigenvalue weighted by Crippen LogP contribution is -2.52. The number of halogens is 2. The summed E-state index contributed by atoms with van der Waals surface area (Å²) >= 11 is 0. The van der Waals surface area contributed by atoms with Crippen molar-refractivity contribution in [1.82, 2.24) is 9.21 Å². The van der Waals surface area contributed by atoms with Crippen LogP contribution in [-0.2, 0) is 14.8 Å².